The Morgan fingerprint density at radius 1 is 1.07 bits per heavy atom. The van der Waals surface area contributed by atoms with Crippen LogP contribution in [0.4, 0.5) is 5.69 Å². The molecule has 4 aromatic rings. The SMILES string of the molecule is CCn1c(CSc2nccc(C)n2)nc2cc(NC(=O)c3ccc(C)cc3)ccc21. The molecule has 0 fully saturated rings. The Balaban J connectivity index is 1.55. The smallest absolute Gasteiger partial charge is 0.255 e. The molecule has 6 nitrogen and oxygen atoms in total. The average molecular weight is 418 g/mol. The van der Waals surface area contributed by atoms with Crippen LogP contribution in [0.15, 0.2) is 59.9 Å². The van der Waals surface area contributed by atoms with Gasteiger partial charge in [-0.15, -0.1) is 0 Å². The zero-order valence-corrected chi connectivity index (χ0v) is 18.0. The van der Waals surface area contributed by atoms with Crippen molar-refractivity contribution in [2.24, 2.45) is 0 Å². The van der Waals surface area contributed by atoms with E-state index in [0.29, 0.717) is 11.3 Å². The fourth-order valence-corrected chi connectivity index (χ4v) is 4.08. The molecule has 1 N–H and O–H groups in total. The molecular formula is C23H23N5OS. The largest absolute Gasteiger partial charge is 0.328 e. The van der Waals surface area contributed by atoms with Crippen molar-refractivity contribution >= 4 is 34.4 Å². The monoisotopic (exact) mass is 417 g/mol. The molecule has 0 aliphatic carbocycles. The van der Waals surface area contributed by atoms with Gasteiger partial charge in [-0.3, -0.25) is 4.79 Å². The van der Waals surface area contributed by atoms with E-state index in [9.17, 15) is 4.79 Å². The Labute approximate surface area is 179 Å². The van der Waals surface area contributed by atoms with Crippen molar-refractivity contribution < 1.29 is 4.79 Å². The maximum Gasteiger partial charge on any atom is 0.255 e. The lowest BCUT2D eigenvalue weighted by Crippen LogP contribution is -2.11. The Morgan fingerprint density at radius 2 is 1.87 bits per heavy atom. The average Bonchev–Trinajstić information content (AvgIpc) is 3.09. The minimum absolute atomic E-state index is 0.128. The van der Waals surface area contributed by atoms with Gasteiger partial charge in [0.25, 0.3) is 5.91 Å². The number of hydrogen-bond acceptors (Lipinski definition) is 5. The summed E-state index contributed by atoms with van der Waals surface area (Å²) in [6, 6.07) is 15.3. The number of carbonyl (C=O) groups is 1. The lowest BCUT2D eigenvalue weighted by molar-refractivity contribution is 0.102. The number of aryl methyl sites for hydroxylation is 3. The number of rotatable bonds is 6. The molecule has 2 aromatic carbocycles. The molecule has 7 heteroatoms. The lowest BCUT2D eigenvalue weighted by atomic mass is 10.1. The van der Waals surface area contributed by atoms with E-state index in [4.69, 9.17) is 4.98 Å². The van der Waals surface area contributed by atoms with Gasteiger partial charge in [-0.1, -0.05) is 29.5 Å². The minimum Gasteiger partial charge on any atom is -0.328 e. The van der Waals surface area contributed by atoms with Crippen LogP contribution >= 0.6 is 11.8 Å². The summed E-state index contributed by atoms with van der Waals surface area (Å²) in [6.07, 6.45) is 1.77. The molecule has 0 radical (unpaired) electrons. The highest BCUT2D eigenvalue weighted by Gasteiger charge is 2.13. The van der Waals surface area contributed by atoms with E-state index in [1.54, 1.807) is 18.0 Å². The normalized spacial score (nSPS) is 11.0. The minimum atomic E-state index is -0.128. The molecule has 0 saturated heterocycles. The van der Waals surface area contributed by atoms with Crippen molar-refractivity contribution in [2.75, 3.05) is 5.32 Å². The van der Waals surface area contributed by atoms with Crippen molar-refractivity contribution in [3.63, 3.8) is 0 Å². The van der Waals surface area contributed by atoms with Gasteiger partial charge in [0.15, 0.2) is 5.16 Å². The van der Waals surface area contributed by atoms with Crippen molar-refractivity contribution in [3.8, 4) is 0 Å². The summed E-state index contributed by atoms with van der Waals surface area (Å²) in [5.41, 5.74) is 5.35. The van der Waals surface area contributed by atoms with Crippen LogP contribution in [0.3, 0.4) is 0 Å². The summed E-state index contributed by atoms with van der Waals surface area (Å²) >= 11 is 1.57. The van der Waals surface area contributed by atoms with Gasteiger partial charge in [-0.05, 0) is 57.2 Å². The second-order valence-corrected chi connectivity index (χ2v) is 8.01. The first-order valence-electron chi connectivity index (χ1n) is 9.83. The number of benzene rings is 2. The van der Waals surface area contributed by atoms with Crippen LogP contribution in [0.5, 0.6) is 0 Å². The molecule has 2 aromatic heterocycles. The van der Waals surface area contributed by atoms with Crippen LogP contribution in [-0.4, -0.2) is 25.4 Å². The van der Waals surface area contributed by atoms with Crippen molar-refractivity contribution in [1.82, 2.24) is 19.5 Å². The summed E-state index contributed by atoms with van der Waals surface area (Å²) < 4.78 is 2.18. The number of fused-ring (bicyclic) bond motifs is 1. The molecule has 1 amide bonds. The number of nitrogens with one attached hydrogen (secondary N) is 1. The van der Waals surface area contributed by atoms with Crippen LogP contribution in [0.1, 0.15) is 34.4 Å². The Kier molecular flexibility index (Phi) is 5.81. The van der Waals surface area contributed by atoms with Gasteiger partial charge in [0.2, 0.25) is 0 Å². The zero-order chi connectivity index (χ0) is 21.1. The van der Waals surface area contributed by atoms with E-state index in [0.717, 1.165) is 45.5 Å². The molecule has 4 rings (SSSR count). The molecule has 0 bridgehead atoms. The Bertz CT molecular complexity index is 1200. The predicted octanol–water partition coefficient (Wildman–Crippen LogP) is 5.01. The van der Waals surface area contributed by atoms with E-state index in [1.165, 1.54) is 0 Å². The molecule has 0 aliphatic heterocycles. The second-order valence-electron chi connectivity index (χ2n) is 7.07. The van der Waals surface area contributed by atoms with Crippen LogP contribution in [0.25, 0.3) is 11.0 Å². The third-order valence-electron chi connectivity index (χ3n) is 4.82. The van der Waals surface area contributed by atoms with Gasteiger partial charge in [-0.2, -0.15) is 0 Å². The number of thioether (sulfide) groups is 1. The summed E-state index contributed by atoms with van der Waals surface area (Å²) in [5, 5.41) is 3.71. The van der Waals surface area contributed by atoms with Crippen molar-refractivity contribution in [3.05, 3.63) is 77.4 Å². The van der Waals surface area contributed by atoms with Gasteiger partial charge in [0.1, 0.15) is 5.82 Å². The van der Waals surface area contributed by atoms with E-state index >= 15 is 0 Å². The first-order chi connectivity index (χ1) is 14.5. The molecule has 0 unspecified atom stereocenters. The highest BCUT2D eigenvalue weighted by molar-refractivity contribution is 7.98. The van der Waals surface area contributed by atoms with E-state index in [1.807, 2.05) is 62.4 Å². The summed E-state index contributed by atoms with van der Waals surface area (Å²) in [7, 11) is 0. The molecule has 30 heavy (non-hydrogen) atoms. The first kappa shape index (κ1) is 20.1. The molecule has 0 atom stereocenters. The second kappa shape index (κ2) is 8.67. The quantitative estimate of drug-likeness (QED) is 0.353. The number of anilines is 1. The number of aromatic nitrogens is 4. The van der Waals surface area contributed by atoms with Crippen molar-refractivity contribution in [1.29, 1.82) is 0 Å². The topological polar surface area (TPSA) is 72.7 Å². The summed E-state index contributed by atoms with van der Waals surface area (Å²) in [6.45, 7) is 6.88. The van der Waals surface area contributed by atoms with Gasteiger partial charge < -0.3 is 9.88 Å². The highest BCUT2D eigenvalue weighted by Crippen LogP contribution is 2.25. The van der Waals surface area contributed by atoms with Crippen LogP contribution < -0.4 is 5.32 Å². The maximum atomic E-state index is 12.5. The van der Waals surface area contributed by atoms with Gasteiger partial charge in [0.05, 0.1) is 16.8 Å². The first-order valence-corrected chi connectivity index (χ1v) is 10.8. The lowest BCUT2D eigenvalue weighted by Gasteiger charge is -2.07. The third kappa shape index (κ3) is 4.36. The highest BCUT2D eigenvalue weighted by atomic mass is 32.2. The zero-order valence-electron chi connectivity index (χ0n) is 17.2. The van der Waals surface area contributed by atoms with E-state index in [-0.39, 0.29) is 5.91 Å². The van der Waals surface area contributed by atoms with E-state index in [2.05, 4.69) is 26.8 Å². The van der Waals surface area contributed by atoms with Gasteiger partial charge in [0, 0.05) is 29.7 Å². The summed E-state index contributed by atoms with van der Waals surface area (Å²) in [4.78, 5) is 26.1. The summed E-state index contributed by atoms with van der Waals surface area (Å²) in [5.74, 6) is 1.51. The maximum absolute atomic E-state index is 12.5. The molecule has 0 saturated carbocycles. The molecule has 0 aliphatic rings. The van der Waals surface area contributed by atoms with Crippen LogP contribution in [0, 0.1) is 13.8 Å². The molecule has 152 valence electrons. The third-order valence-corrected chi connectivity index (χ3v) is 5.68. The predicted molar refractivity (Wildman–Crippen MR) is 121 cm³/mol. The Morgan fingerprint density at radius 3 is 2.60 bits per heavy atom. The van der Waals surface area contributed by atoms with Gasteiger partial charge >= 0.3 is 0 Å². The fraction of sp³-hybridized carbons (Fsp3) is 0.217. The number of hydrogen-bond donors (Lipinski definition) is 1. The number of nitrogens with zero attached hydrogens (tertiary/aromatic N) is 4. The number of imidazole rings is 1. The molecular weight excluding hydrogens is 394 g/mol. The number of carbonyl (C=O) groups excluding carboxylic acids is 1. The van der Waals surface area contributed by atoms with Gasteiger partial charge in [-0.25, -0.2) is 15.0 Å². The van der Waals surface area contributed by atoms with E-state index < -0.39 is 0 Å². The van der Waals surface area contributed by atoms with Crippen molar-refractivity contribution in [2.45, 2.75) is 38.2 Å². The standard InChI is InChI=1S/C23H23N5OS/c1-4-28-20-10-9-18(26-22(29)17-7-5-15(2)6-8-17)13-19(20)27-21(28)14-30-23-24-12-11-16(3)25-23/h5-13H,4,14H2,1-3H3,(H,26,29). The fourth-order valence-electron chi connectivity index (χ4n) is 3.25. The Hall–Kier alpha value is -3.19. The van der Waals surface area contributed by atoms with Crippen LogP contribution in [0.2, 0.25) is 0 Å². The molecule has 2 heterocycles. The number of amides is 1. The van der Waals surface area contributed by atoms with Crippen LogP contribution in [-0.2, 0) is 12.3 Å². The molecule has 0 spiro atoms.